The summed E-state index contributed by atoms with van der Waals surface area (Å²) in [6.45, 7) is 0. The first kappa shape index (κ1) is 14.8. The highest BCUT2D eigenvalue weighted by atomic mass is 19.1. The number of nitrogens with zero attached hydrogens (tertiary/aromatic N) is 1. The molecule has 3 aromatic rings. The molecule has 3 rings (SSSR count). The molecular weight excluding hydrogens is 298 g/mol. The summed E-state index contributed by atoms with van der Waals surface area (Å²) < 4.78 is 26.5. The van der Waals surface area contributed by atoms with E-state index in [0.717, 1.165) is 0 Å². The Kier molecular flexibility index (Phi) is 4.10. The highest BCUT2D eigenvalue weighted by Gasteiger charge is 2.09. The summed E-state index contributed by atoms with van der Waals surface area (Å²) in [4.78, 5) is 16.2. The number of hydrogen-bond acceptors (Lipinski definition) is 2. The van der Waals surface area contributed by atoms with Gasteiger partial charge in [-0.2, -0.15) is 0 Å². The quantitative estimate of drug-likeness (QED) is 0.784. The molecule has 0 saturated carbocycles. The van der Waals surface area contributed by atoms with Crippen molar-refractivity contribution in [3.8, 4) is 11.3 Å². The van der Waals surface area contributed by atoms with Gasteiger partial charge in [-0.3, -0.25) is 9.78 Å². The molecular formula is C18H12F2N2O. The van der Waals surface area contributed by atoms with E-state index < -0.39 is 0 Å². The Labute approximate surface area is 131 Å². The first-order chi connectivity index (χ1) is 11.1. The van der Waals surface area contributed by atoms with Crippen LogP contribution in [0.5, 0.6) is 0 Å². The predicted molar refractivity (Wildman–Crippen MR) is 84.0 cm³/mol. The van der Waals surface area contributed by atoms with Gasteiger partial charge in [0.15, 0.2) is 0 Å². The SMILES string of the molecule is O=C(Nc1ccc(F)cc1)c1ccc(-c2ccccc2F)nc1. The van der Waals surface area contributed by atoms with Crippen LogP contribution < -0.4 is 5.32 Å². The number of nitrogens with one attached hydrogen (secondary N) is 1. The van der Waals surface area contributed by atoms with Crippen LogP contribution in [0.1, 0.15) is 10.4 Å². The molecule has 1 heterocycles. The van der Waals surface area contributed by atoms with Gasteiger partial charge in [0.25, 0.3) is 5.91 Å². The number of amides is 1. The molecule has 1 amide bonds. The van der Waals surface area contributed by atoms with Crippen LogP contribution in [0.3, 0.4) is 0 Å². The smallest absolute Gasteiger partial charge is 0.257 e. The van der Waals surface area contributed by atoms with Crippen molar-refractivity contribution in [2.24, 2.45) is 0 Å². The molecule has 1 aromatic heterocycles. The van der Waals surface area contributed by atoms with Gasteiger partial charge in [-0.15, -0.1) is 0 Å². The Balaban J connectivity index is 1.78. The molecule has 0 saturated heterocycles. The Morgan fingerprint density at radius 3 is 2.30 bits per heavy atom. The summed E-state index contributed by atoms with van der Waals surface area (Å²) in [5.74, 6) is -1.12. The molecule has 0 atom stereocenters. The van der Waals surface area contributed by atoms with Crippen molar-refractivity contribution in [2.75, 3.05) is 5.32 Å². The number of halogens is 2. The van der Waals surface area contributed by atoms with E-state index in [1.807, 2.05) is 0 Å². The fourth-order valence-corrected chi connectivity index (χ4v) is 2.09. The summed E-state index contributed by atoms with van der Waals surface area (Å²) in [5, 5.41) is 2.64. The maximum atomic E-state index is 13.7. The second-order valence-electron chi connectivity index (χ2n) is 4.87. The lowest BCUT2D eigenvalue weighted by Gasteiger charge is -2.06. The van der Waals surface area contributed by atoms with Crippen LogP contribution in [0, 0.1) is 11.6 Å². The van der Waals surface area contributed by atoms with Gasteiger partial charge in [0, 0.05) is 17.4 Å². The second kappa shape index (κ2) is 6.36. The molecule has 0 aliphatic carbocycles. The highest BCUT2D eigenvalue weighted by molar-refractivity contribution is 6.04. The van der Waals surface area contributed by atoms with E-state index in [9.17, 15) is 13.6 Å². The molecule has 3 nitrogen and oxygen atoms in total. The molecule has 0 aliphatic rings. The molecule has 0 aliphatic heterocycles. The third kappa shape index (κ3) is 3.40. The van der Waals surface area contributed by atoms with Crippen molar-refractivity contribution >= 4 is 11.6 Å². The summed E-state index contributed by atoms with van der Waals surface area (Å²) in [6.07, 6.45) is 1.38. The molecule has 0 fully saturated rings. The van der Waals surface area contributed by atoms with Crippen LogP contribution in [0.2, 0.25) is 0 Å². The van der Waals surface area contributed by atoms with Crippen LogP contribution in [-0.4, -0.2) is 10.9 Å². The predicted octanol–water partition coefficient (Wildman–Crippen LogP) is 4.28. The average Bonchev–Trinajstić information content (AvgIpc) is 2.57. The van der Waals surface area contributed by atoms with E-state index in [-0.39, 0.29) is 17.5 Å². The van der Waals surface area contributed by atoms with Gasteiger partial charge in [-0.05, 0) is 48.5 Å². The number of rotatable bonds is 3. The maximum Gasteiger partial charge on any atom is 0.257 e. The fourth-order valence-electron chi connectivity index (χ4n) is 2.09. The zero-order valence-electron chi connectivity index (χ0n) is 12.0. The molecule has 0 bridgehead atoms. The molecule has 0 radical (unpaired) electrons. The summed E-state index contributed by atoms with van der Waals surface area (Å²) in [7, 11) is 0. The van der Waals surface area contributed by atoms with Crippen molar-refractivity contribution in [3.05, 3.63) is 84.1 Å². The standard InChI is InChI=1S/C18H12F2N2O/c19-13-6-8-14(9-7-13)22-18(23)12-5-10-17(21-11-12)15-3-1-2-4-16(15)20/h1-11H,(H,22,23). The Morgan fingerprint density at radius 1 is 0.913 bits per heavy atom. The van der Waals surface area contributed by atoms with E-state index in [2.05, 4.69) is 10.3 Å². The fraction of sp³-hybridized carbons (Fsp3) is 0. The number of pyridine rings is 1. The average molecular weight is 310 g/mol. The normalized spacial score (nSPS) is 10.3. The van der Waals surface area contributed by atoms with E-state index >= 15 is 0 Å². The molecule has 114 valence electrons. The first-order valence-electron chi connectivity index (χ1n) is 6.91. The molecule has 5 heteroatoms. The van der Waals surface area contributed by atoms with Crippen molar-refractivity contribution in [3.63, 3.8) is 0 Å². The maximum absolute atomic E-state index is 13.7. The number of anilines is 1. The molecule has 0 spiro atoms. The van der Waals surface area contributed by atoms with Gasteiger partial charge in [0.2, 0.25) is 0 Å². The Bertz CT molecular complexity index is 830. The molecule has 0 unspecified atom stereocenters. The lowest BCUT2D eigenvalue weighted by molar-refractivity contribution is 0.102. The van der Waals surface area contributed by atoms with Gasteiger partial charge >= 0.3 is 0 Å². The van der Waals surface area contributed by atoms with Gasteiger partial charge in [-0.25, -0.2) is 8.78 Å². The van der Waals surface area contributed by atoms with Gasteiger partial charge in [0.1, 0.15) is 11.6 Å². The van der Waals surface area contributed by atoms with Gasteiger partial charge in [0.05, 0.1) is 11.3 Å². The number of hydrogen-bond donors (Lipinski definition) is 1. The highest BCUT2D eigenvalue weighted by Crippen LogP contribution is 2.20. The van der Waals surface area contributed by atoms with Crippen LogP contribution >= 0.6 is 0 Å². The molecule has 23 heavy (non-hydrogen) atoms. The summed E-state index contributed by atoms with van der Waals surface area (Å²) in [5.41, 5.74) is 1.63. The van der Waals surface area contributed by atoms with Crippen molar-refractivity contribution in [1.82, 2.24) is 4.98 Å². The van der Waals surface area contributed by atoms with Crippen LogP contribution in [-0.2, 0) is 0 Å². The summed E-state index contributed by atoms with van der Waals surface area (Å²) >= 11 is 0. The van der Waals surface area contributed by atoms with E-state index in [1.165, 1.54) is 36.5 Å². The lowest BCUT2D eigenvalue weighted by Crippen LogP contribution is -2.12. The second-order valence-corrected chi connectivity index (χ2v) is 4.87. The molecule has 1 N–H and O–H groups in total. The minimum atomic E-state index is -0.376. The monoisotopic (exact) mass is 310 g/mol. The van der Waals surface area contributed by atoms with E-state index in [0.29, 0.717) is 22.5 Å². The minimum Gasteiger partial charge on any atom is -0.322 e. The lowest BCUT2D eigenvalue weighted by atomic mass is 10.1. The number of benzene rings is 2. The number of aromatic nitrogens is 1. The van der Waals surface area contributed by atoms with Crippen molar-refractivity contribution < 1.29 is 13.6 Å². The van der Waals surface area contributed by atoms with E-state index in [4.69, 9.17) is 0 Å². The zero-order valence-corrected chi connectivity index (χ0v) is 12.0. The largest absolute Gasteiger partial charge is 0.322 e. The topological polar surface area (TPSA) is 42.0 Å². The number of carbonyl (C=O) groups excluding carboxylic acids is 1. The first-order valence-corrected chi connectivity index (χ1v) is 6.91. The zero-order chi connectivity index (χ0) is 16.2. The third-order valence-electron chi connectivity index (χ3n) is 3.28. The third-order valence-corrected chi connectivity index (χ3v) is 3.28. The van der Waals surface area contributed by atoms with Crippen LogP contribution in [0.25, 0.3) is 11.3 Å². The van der Waals surface area contributed by atoms with Crippen molar-refractivity contribution in [1.29, 1.82) is 0 Å². The Hall–Kier alpha value is -3.08. The number of carbonyl (C=O) groups is 1. The van der Waals surface area contributed by atoms with Crippen LogP contribution in [0.15, 0.2) is 66.9 Å². The van der Waals surface area contributed by atoms with Gasteiger partial charge in [-0.1, -0.05) is 12.1 Å². The van der Waals surface area contributed by atoms with E-state index in [1.54, 1.807) is 30.3 Å². The van der Waals surface area contributed by atoms with Crippen molar-refractivity contribution in [2.45, 2.75) is 0 Å². The van der Waals surface area contributed by atoms with Crippen LogP contribution in [0.4, 0.5) is 14.5 Å². The van der Waals surface area contributed by atoms with Gasteiger partial charge < -0.3 is 5.32 Å². The molecule has 2 aromatic carbocycles. The minimum absolute atomic E-state index is 0.328. The summed E-state index contributed by atoms with van der Waals surface area (Å²) in [6, 6.07) is 14.9. The Morgan fingerprint density at radius 2 is 1.65 bits per heavy atom.